The molecule has 0 radical (unpaired) electrons. The molecule has 4 nitrogen and oxygen atoms in total. The smallest absolute Gasteiger partial charge is 0.154 e. The third-order valence-corrected chi connectivity index (χ3v) is 7.48. The van der Waals surface area contributed by atoms with E-state index in [1.54, 1.807) is 6.92 Å². The number of Topliss-reactive ketones (excluding diaryl/α,β-unsaturated/α-hetero) is 1. The first-order chi connectivity index (χ1) is 13.0. The van der Waals surface area contributed by atoms with E-state index < -0.39 is 0 Å². The number of ketones is 1. The Morgan fingerprint density at radius 2 is 1.93 bits per heavy atom. The summed E-state index contributed by atoms with van der Waals surface area (Å²) in [6.07, 6.45) is 6.15. The minimum Gasteiger partial charge on any atom is -0.507 e. The van der Waals surface area contributed by atoms with Gasteiger partial charge in [0.05, 0.1) is 10.6 Å². The highest BCUT2D eigenvalue weighted by Crippen LogP contribution is 2.47. The number of halogens is 1. The van der Waals surface area contributed by atoms with E-state index in [0.29, 0.717) is 30.0 Å². The lowest BCUT2D eigenvalue weighted by atomic mass is 9.59. The van der Waals surface area contributed by atoms with E-state index in [4.69, 9.17) is 11.6 Å². The summed E-state index contributed by atoms with van der Waals surface area (Å²) in [6.45, 7) is 10.1. The number of rotatable bonds is 6. The normalized spacial score (nSPS) is 25.8. The zero-order valence-electron chi connectivity index (χ0n) is 17.4. The molecule has 1 aromatic carbocycles. The van der Waals surface area contributed by atoms with Crippen LogP contribution in [0.2, 0.25) is 5.02 Å². The van der Waals surface area contributed by atoms with Crippen LogP contribution >= 0.6 is 11.6 Å². The largest absolute Gasteiger partial charge is 0.507 e. The molecule has 0 bridgehead atoms. The number of aromatic hydroxyl groups is 2. The van der Waals surface area contributed by atoms with E-state index in [9.17, 15) is 19.8 Å². The van der Waals surface area contributed by atoms with Crippen LogP contribution in [0.15, 0.2) is 11.6 Å². The number of carbonyl (C=O) groups excluding carboxylic acids is 2. The maximum absolute atomic E-state index is 12.2. The molecule has 2 N–H and O–H groups in total. The summed E-state index contributed by atoms with van der Waals surface area (Å²) in [5, 5.41) is 20.7. The maximum Gasteiger partial charge on any atom is 0.154 e. The topological polar surface area (TPSA) is 74.6 Å². The van der Waals surface area contributed by atoms with E-state index in [-0.39, 0.29) is 45.4 Å². The maximum atomic E-state index is 12.2. The Labute approximate surface area is 172 Å². The Bertz CT molecular complexity index is 812. The van der Waals surface area contributed by atoms with Crippen LogP contribution in [0, 0.1) is 24.2 Å². The summed E-state index contributed by atoms with van der Waals surface area (Å²) < 4.78 is 0. The Kier molecular flexibility index (Phi) is 6.97. The van der Waals surface area contributed by atoms with E-state index in [0.717, 1.165) is 24.8 Å². The van der Waals surface area contributed by atoms with E-state index in [1.165, 1.54) is 0 Å². The van der Waals surface area contributed by atoms with Gasteiger partial charge in [0.2, 0.25) is 0 Å². The van der Waals surface area contributed by atoms with Gasteiger partial charge < -0.3 is 10.2 Å². The van der Waals surface area contributed by atoms with Crippen LogP contribution in [0.25, 0.3) is 0 Å². The Hall–Kier alpha value is -1.81. The van der Waals surface area contributed by atoms with Crippen molar-refractivity contribution in [3.8, 4) is 11.5 Å². The lowest BCUT2D eigenvalue weighted by molar-refractivity contribution is -0.132. The standard InChI is InChI=1S/C23H31ClO4/c1-13(10-11-23(5)14(2)7-9-19(26)16(23)4)6-8-17-21(27)18(12-25)15(3)20(24)22(17)28/h6,12,14,16,27-28H,7-11H2,1-5H3/b13-6+/t14-,16+,23+/m1/s1. The fourth-order valence-electron chi connectivity index (χ4n) is 4.23. The fourth-order valence-corrected chi connectivity index (χ4v) is 4.44. The summed E-state index contributed by atoms with van der Waals surface area (Å²) in [5.41, 5.74) is 1.83. The van der Waals surface area contributed by atoms with Gasteiger partial charge in [-0.15, -0.1) is 0 Å². The summed E-state index contributed by atoms with van der Waals surface area (Å²) in [7, 11) is 0. The number of hydrogen-bond donors (Lipinski definition) is 2. The predicted molar refractivity (Wildman–Crippen MR) is 112 cm³/mol. The molecule has 2 rings (SSSR count). The quantitative estimate of drug-likeness (QED) is 0.463. The summed E-state index contributed by atoms with van der Waals surface area (Å²) in [5.74, 6) is 0.507. The first kappa shape index (κ1) is 22.5. The van der Waals surface area contributed by atoms with Gasteiger partial charge in [0, 0.05) is 17.9 Å². The van der Waals surface area contributed by atoms with Gasteiger partial charge in [-0.2, -0.15) is 0 Å². The van der Waals surface area contributed by atoms with Gasteiger partial charge in [-0.1, -0.05) is 44.0 Å². The number of aldehydes is 1. The number of phenols is 2. The highest BCUT2D eigenvalue weighted by Gasteiger charge is 2.42. The second-order valence-electron chi connectivity index (χ2n) is 8.53. The van der Waals surface area contributed by atoms with Crippen molar-refractivity contribution in [1.29, 1.82) is 0 Å². The lowest BCUT2D eigenvalue weighted by Crippen LogP contribution is -2.41. The molecular formula is C23H31ClO4. The zero-order valence-corrected chi connectivity index (χ0v) is 18.2. The molecule has 1 aliphatic rings. The monoisotopic (exact) mass is 406 g/mol. The van der Waals surface area contributed by atoms with Crippen LogP contribution in [-0.4, -0.2) is 22.3 Å². The van der Waals surface area contributed by atoms with Gasteiger partial charge in [0.25, 0.3) is 0 Å². The number of carbonyl (C=O) groups is 2. The van der Waals surface area contributed by atoms with Crippen molar-refractivity contribution in [3.63, 3.8) is 0 Å². The van der Waals surface area contributed by atoms with Gasteiger partial charge >= 0.3 is 0 Å². The van der Waals surface area contributed by atoms with Crippen LogP contribution in [0.1, 0.15) is 74.9 Å². The molecule has 154 valence electrons. The first-order valence-corrected chi connectivity index (χ1v) is 10.3. The van der Waals surface area contributed by atoms with E-state index >= 15 is 0 Å². The van der Waals surface area contributed by atoms with Crippen molar-refractivity contribution in [1.82, 2.24) is 0 Å². The molecule has 1 aromatic rings. The molecule has 0 aliphatic heterocycles. The third kappa shape index (κ3) is 4.12. The molecule has 28 heavy (non-hydrogen) atoms. The van der Waals surface area contributed by atoms with Crippen molar-refractivity contribution in [3.05, 3.63) is 33.4 Å². The van der Waals surface area contributed by atoms with Gasteiger partial charge in [-0.3, -0.25) is 9.59 Å². The summed E-state index contributed by atoms with van der Waals surface area (Å²) in [6, 6.07) is 0. The lowest BCUT2D eigenvalue weighted by Gasteiger charge is -2.44. The van der Waals surface area contributed by atoms with Crippen LogP contribution < -0.4 is 0 Å². The molecule has 1 aliphatic carbocycles. The molecule has 0 unspecified atom stereocenters. The second-order valence-corrected chi connectivity index (χ2v) is 8.91. The van der Waals surface area contributed by atoms with E-state index in [1.807, 2.05) is 19.9 Å². The van der Waals surface area contributed by atoms with Crippen molar-refractivity contribution in [2.24, 2.45) is 17.3 Å². The molecule has 0 heterocycles. The van der Waals surface area contributed by atoms with Crippen LogP contribution in [0.4, 0.5) is 0 Å². The van der Waals surface area contributed by atoms with Crippen molar-refractivity contribution < 1.29 is 19.8 Å². The van der Waals surface area contributed by atoms with Gasteiger partial charge in [-0.25, -0.2) is 0 Å². The number of benzene rings is 1. The van der Waals surface area contributed by atoms with Crippen molar-refractivity contribution in [2.75, 3.05) is 0 Å². The SMILES string of the molecule is C/C(=C\Cc1c(O)c(Cl)c(C)c(C=O)c1O)CC[C@@]1(C)[C@H](C)CCC(=O)[C@@H]1C. The summed E-state index contributed by atoms with van der Waals surface area (Å²) >= 11 is 6.11. The first-order valence-electron chi connectivity index (χ1n) is 9.90. The minimum absolute atomic E-state index is 0.0213. The van der Waals surface area contributed by atoms with Gasteiger partial charge in [0.15, 0.2) is 6.29 Å². The third-order valence-electron chi connectivity index (χ3n) is 7.02. The number of allylic oxidation sites excluding steroid dienone is 2. The number of hydrogen-bond acceptors (Lipinski definition) is 4. The average molecular weight is 407 g/mol. The molecule has 5 heteroatoms. The summed E-state index contributed by atoms with van der Waals surface area (Å²) in [4.78, 5) is 23.5. The molecule has 0 aromatic heterocycles. The Morgan fingerprint density at radius 3 is 2.54 bits per heavy atom. The molecular weight excluding hydrogens is 376 g/mol. The molecule has 0 amide bonds. The van der Waals surface area contributed by atoms with Gasteiger partial charge in [-0.05, 0) is 56.4 Å². The predicted octanol–water partition coefficient (Wildman–Crippen LogP) is 5.78. The molecule has 1 saturated carbocycles. The molecule has 0 spiro atoms. The Morgan fingerprint density at radius 1 is 1.29 bits per heavy atom. The molecule has 3 atom stereocenters. The highest BCUT2D eigenvalue weighted by molar-refractivity contribution is 6.33. The van der Waals surface area contributed by atoms with Crippen LogP contribution in [-0.2, 0) is 11.2 Å². The van der Waals surface area contributed by atoms with Crippen LogP contribution in [0.3, 0.4) is 0 Å². The van der Waals surface area contributed by atoms with Crippen LogP contribution in [0.5, 0.6) is 11.5 Å². The van der Waals surface area contributed by atoms with Crippen molar-refractivity contribution in [2.45, 2.75) is 66.7 Å². The van der Waals surface area contributed by atoms with Gasteiger partial charge in [0.1, 0.15) is 17.3 Å². The fraction of sp³-hybridized carbons (Fsp3) is 0.565. The van der Waals surface area contributed by atoms with Crippen molar-refractivity contribution >= 4 is 23.7 Å². The number of phenolic OH excluding ortho intramolecular Hbond substituents is 2. The minimum atomic E-state index is -0.217. The average Bonchev–Trinajstić information content (AvgIpc) is 2.66. The second kappa shape index (κ2) is 8.69. The zero-order chi connectivity index (χ0) is 21.2. The van der Waals surface area contributed by atoms with E-state index in [2.05, 4.69) is 13.8 Å². The molecule has 0 saturated heterocycles. The molecule has 1 fully saturated rings. The highest BCUT2D eigenvalue weighted by atomic mass is 35.5. The Balaban J connectivity index is 2.17.